The van der Waals surface area contributed by atoms with Crippen LogP contribution in [0.5, 0.6) is 5.75 Å². The summed E-state index contributed by atoms with van der Waals surface area (Å²) in [6.07, 6.45) is 0. The zero-order valence-corrected chi connectivity index (χ0v) is 13.3. The van der Waals surface area contributed by atoms with Gasteiger partial charge in [0.25, 0.3) is 0 Å². The molecule has 0 aliphatic heterocycles. The van der Waals surface area contributed by atoms with Crippen LogP contribution < -0.4 is 4.74 Å². The van der Waals surface area contributed by atoms with Gasteiger partial charge in [0, 0.05) is 10.3 Å². The van der Waals surface area contributed by atoms with E-state index in [1.165, 1.54) is 12.1 Å². The molecule has 1 heterocycles. The van der Waals surface area contributed by atoms with Crippen molar-refractivity contribution in [3.05, 3.63) is 59.0 Å². The van der Waals surface area contributed by atoms with Crippen molar-refractivity contribution >= 4 is 20.7 Å². The van der Waals surface area contributed by atoms with Crippen molar-refractivity contribution in [1.29, 1.82) is 0 Å². The molecule has 0 unspecified atom stereocenters. The summed E-state index contributed by atoms with van der Waals surface area (Å²) in [6.45, 7) is 0.350. The Kier molecular flexibility index (Phi) is 4.37. The normalized spacial score (nSPS) is 11.2. The quantitative estimate of drug-likeness (QED) is 0.320. The molecule has 0 bridgehead atoms. The van der Waals surface area contributed by atoms with E-state index in [4.69, 9.17) is 10.3 Å². The highest BCUT2D eigenvalue weighted by Gasteiger charge is 2.23. The van der Waals surface area contributed by atoms with E-state index in [9.17, 15) is 8.42 Å². The van der Waals surface area contributed by atoms with E-state index in [1.54, 1.807) is 36.4 Å². The van der Waals surface area contributed by atoms with Crippen molar-refractivity contribution in [2.24, 2.45) is 5.11 Å². The minimum Gasteiger partial charge on any atom is -0.491 e. The topological polar surface area (TPSA) is 121 Å². The molecule has 0 spiro atoms. The number of fused-ring (bicyclic) bond motifs is 1. The predicted octanol–water partition coefficient (Wildman–Crippen LogP) is 3.08. The molecule has 24 heavy (non-hydrogen) atoms. The molecule has 122 valence electrons. The summed E-state index contributed by atoms with van der Waals surface area (Å²) in [4.78, 5) is 2.83. The van der Waals surface area contributed by atoms with E-state index in [0.29, 0.717) is 16.7 Å². The Morgan fingerprint density at radius 1 is 1.17 bits per heavy atom. The summed E-state index contributed by atoms with van der Waals surface area (Å²) in [6, 6.07) is 13.2. The molecule has 0 fully saturated rings. The molecule has 0 aliphatic rings. The van der Waals surface area contributed by atoms with Gasteiger partial charge in [-0.15, -0.1) is 0 Å². The predicted molar refractivity (Wildman–Crippen MR) is 87.5 cm³/mol. The molecule has 3 rings (SSSR count). The third kappa shape index (κ3) is 2.90. The molecule has 0 aliphatic carbocycles. The minimum absolute atomic E-state index is 0.0178. The third-order valence-corrected chi connectivity index (χ3v) is 5.09. The lowest BCUT2D eigenvalue weighted by Gasteiger charge is -2.05. The van der Waals surface area contributed by atoms with Crippen LogP contribution in [-0.2, 0) is 9.84 Å². The highest BCUT2D eigenvalue weighted by molar-refractivity contribution is 7.91. The Labute approximate surface area is 137 Å². The molecule has 0 saturated heterocycles. The number of nitrogens with one attached hydrogen (secondary N) is 1. The number of benzene rings is 2. The van der Waals surface area contributed by atoms with Crippen molar-refractivity contribution in [1.82, 2.24) is 10.2 Å². The summed E-state index contributed by atoms with van der Waals surface area (Å²) >= 11 is 0. The molecule has 2 aromatic carbocycles. The van der Waals surface area contributed by atoms with Crippen molar-refractivity contribution in [2.75, 3.05) is 13.2 Å². The lowest BCUT2D eigenvalue weighted by molar-refractivity contribution is 0.331. The maximum absolute atomic E-state index is 12.8. The SMILES string of the molecule is [N-]=[N+]=NCCOc1cccc2c(S(=O)(=O)c3ccccc3)[nH]nc12. The largest absolute Gasteiger partial charge is 0.491 e. The monoisotopic (exact) mass is 343 g/mol. The zero-order valence-electron chi connectivity index (χ0n) is 12.5. The molecule has 0 saturated carbocycles. The Hall–Kier alpha value is -3.03. The number of rotatable bonds is 6. The van der Waals surface area contributed by atoms with E-state index in [2.05, 4.69) is 20.2 Å². The van der Waals surface area contributed by atoms with E-state index in [1.807, 2.05) is 0 Å². The van der Waals surface area contributed by atoms with E-state index < -0.39 is 9.84 Å². The number of H-pyrrole nitrogens is 1. The van der Waals surface area contributed by atoms with Gasteiger partial charge in [0.2, 0.25) is 9.84 Å². The average Bonchev–Trinajstić information content (AvgIpc) is 3.05. The summed E-state index contributed by atoms with van der Waals surface area (Å²) in [7, 11) is -3.71. The van der Waals surface area contributed by atoms with Crippen LogP contribution in [0.25, 0.3) is 21.3 Å². The number of aromatic nitrogens is 2. The maximum Gasteiger partial charge on any atom is 0.223 e. The van der Waals surface area contributed by atoms with Crippen LogP contribution in [0, 0.1) is 0 Å². The van der Waals surface area contributed by atoms with Gasteiger partial charge in [0.05, 0.1) is 18.0 Å². The van der Waals surface area contributed by atoms with Crippen molar-refractivity contribution in [3.8, 4) is 5.75 Å². The van der Waals surface area contributed by atoms with Crippen LogP contribution in [0.15, 0.2) is 63.6 Å². The smallest absolute Gasteiger partial charge is 0.223 e. The molecule has 0 atom stereocenters. The average molecular weight is 343 g/mol. The van der Waals surface area contributed by atoms with Gasteiger partial charge in [-0.3, -0.25) is 5.10 Å². The van der Waals surface area contributed by atoms with Crippen LogP contribution >= 0.6 is 0 Å². The molecule has 0 amide bonds. The molecule has 1 aromatic heterocycles. The van der Waals surface area contributed by atoms with Crippen molar-refractivity contribution in [3.63, 3.8) is 0 Å². The van der Waals surface area contributed by atoms with Crippen LogP contribution in [0.2, 0.25) is 0 Å². The third-order valence-electron chi connectivity index (χ3n) is 3.35. The van der Waals surface area contributed by atoms with Crippen LogP contribution in [0.3, 0.4) is 0 Å². The number of hydrogen-bond acceptors (Lipinski definition) is 5. The second kappa shape index (κ2) is 6.61. The second-order valence-corrected chi connectivity index (χ2v) is 6.71. The van der Waals surface area contributed by atoms with E-state index in [-0.39, 0.29) is 23.1 Å². The first-order valence-corrected chi connectivity index (χ1v) is 8.54. The van der Waals surface area contributed by atoms with Gasteiger partial charge in [-0.25, -0.2) is 8.42 Å². The number of azide groups is 1. The number of para-hydroxylation sites is 1. The first-order chi connectivity index (χ1) is 11.6. The Morgan fingerprint density at radius 2 is 1.96 bits per heavy atom. The van der Waals surface area contributed by atoms with Crippen LogP contribution in [0.1, 0.15) is 0 Å². The Balaban J connectivity index is 2.01. The van der Waals surface area contributed by atoms with Gasteiger partial charge < -0.3 is 4.74 Å². The van der Waals surface area contributed by atoms with Gasteiger partial charge in [0.15, 0.2) is 5.03 Å². The minimum atomic E-state index is -3.71. The fourth-order valence-electron chi connectivity index (χ4n) is 2.27. The number of aromatic amines is 1. The van der Waals surface area contributed by atoms with Gasteiger partial charge in [-0.05, 0) is 29.8 Å². The first-order valence-electron chi connectivity index (χ1n) is 7.05. The van der Waals surface area contributed by atoms with Gasteiger partial charge in [-0.1, -0.05) is 29.4 Å². The zero-order chi connectivity index (χ0) is 17.0. The summed E-state index contributed by atoms with van der Waals surface area (Å²) in [5.41, 5.74) is 8.67. The van der Waals surface area contributed by atoms with Gasteiger partial charge in [0.1, 0.15) is 11.3 Å². The fourth-order valence-corrected chi connectivity index (χ4v) is 3.64. The lowest BCUT2D eigenvalue weighted by atomic mass is 10.2. The molecule has 0 radical (unpaired) electrons. The summed E-state index contributed by atoms with van der Waals surface area (Å²) in [5, 5.41) is 10.5. The highest BCUT2D eigenvalue weighted by atomic mass is 32.2. The fraction of sp³-hybridized carbons (Fsp3) is 0.133. The Morgan fingerprint density at radius 3 is 2.71 bits per heavy atom. The Bertz CT molecular complexity index is 1010. The first kappa shape index (κ1) is 15.9. The second-order valence-electron chi connectivity index (χ2n) is 4.82. The number of hydrogen-bond donors (Lipinski definition) is 1. The highest BCUT2D eigenvalue weighted by Crippen LogP contribution is 2.30. The van der Waals surface area contributed by atoms with Crippen molar-refractivity contribution in [2.45, 2.75) is 9.92 Å². The summed E-state index contributed by atoms with van der Waals surface area (Å²) < 4.78 is 31.0. The number of nitrogens with zero attached hydrogens (tertiary/aromatic N) is 4. The van der Waals surface area contributed by atoms with Crippen LogP contribution in [-0.4, -0.2) is 31.8 Å². The molecule has 3 aromatic rings. The van der Waals surface area contributed by atoms with Gasteiger partial charge in [-0.2, -0.15) is 5.10 Å². The lowest BCUT2D eigenvalue weighted by Crippen LogP contribution is -2.03. The summed E-state index contributed by atoms with van der Waals surface area (Å²) in [5.74, 6) is 0.423. The molecular weight excluding hydrogens is 330 g/mol. The number of sulfone groups is 1. The van der Waals surface area contributed by atoms with E-state index >= 15 is 0 Å². The van der Waals surface area contributed by atoms with E-state index in [0.717, 1.165) is 0 Å². The standard InChI is InChI=1S/C15H13N5O3S/c16-20-17-9-10-23-13-8-4-7-12-14(13)18-19-15(12)24(21,22)11-5-2-1-3-6-11/h1-8H,9-10H2,(H,18,19). The molecular formula is C15H13N5O3S. The molecule has 8 nitrogen and oxygen atoms in total. The molecule has 9 heteroatoms. The molecule has 1 N–H and O–H groups in total. The van der Waals surface area contributed by atoms with Crippen LogP contribution in [0.4, 0.5) is 0 Å². The maximum atomic E-state index is 12.8. The number of ether oxygens (including phenoxy) is 1. The van der Waals surface area contributed by atoms with Crippen molar-refractivity contribution < 1.29 is 13.2 Å². The van der Waals surface area contributed by atoms with Gasteiger partial charge >= 0.3 is 0 Å².